The predicted molar refractivity (Wildman–Crippen MR) is 164 cm³/mol. The van der Waals surface area contributed by atoms with E-state index in [4.69, 9.17) is 0 Å². The average Bonchev–Trinajstić information content (AvgIpc) is 3.65. The van der Waals surface area contributed by atoms with Crippen LogP contribution in [0.5, 0.6) is 0 Å². The number of carbonyl (C=O) groups excluding carboxylic acids is 1. The Hall–Kier alpha value is -3.96. The number of fused-ring (bicyclic) bond motifs is 3. The molecule has 0 atom stereocenters. The number of hydrogen-bond acceptors (Lipinski definition) is 2. The Morgan fingerprint density at radius 1 is 1.03 bits per heavy atom. The standard InChI is InChI=1S/C33H31N3OS/c1-7-21-14-20-13-17(3)18(4)30(31(20)34-21)24-9-10-25(32-26(24)15-22(8-2)35-32)23-11-12-29(38-6)33-27(23)16-28(36-33)19(5)37/h8-10,13-16,34-36H,2-4,7,11-12H2,1,5-6H3. The molecule has 3 heterocycles. The lowest BCUT2D eigenvalue weighted by Gasteiger charge is -2.16. The normalized spacial score (nSPS) is 13.4. The average molecular weight is 518 g/mol. The Morgan fingerprint density at radius 3 is 2.53 bits per heavy atom. The van der Waals surface area contributed by atoms with Gasteiger partial charge in [-0.2, -0.15) is 0 Å². The summed E-state index contributed by atoms with van der Waals surface area (Å²) in [5, 5.41) is 6.33. The van der Waals surface area contributed by atoms with Crippen LogP contribution >= 0.6 is 11.8 Å². The first kappa shape index (κ1) is 24.4. The highest BCUT2D eigenvalue weighted by Gasteiger charge is 2.21. The third-order valence-corrected chi connectivity index (χ3v) is 8.73. The van der Waals surface area contributed by atoms with Crippen molar-refractivity contribution in [2.45, 2.75) is 33.1 Å². The van der Waals surface area contributed by atoms with Gasteiger partial charge in [0.1, 0.15) is 0 Å². The van der Waals surface area contributed by atoms with Crippen molar-refractivity contribution in [2.75, 3.05) is 6.26 Å². The smallest absolute Gasteiger partial charge is 0.175 e. The van der Waals surface area contributed by atoms with Gasteiger partial charge in [0.05, 0.1) is 22.1 Å². The Bertz CT molecular complexity index is 2030. The number of nitrogens with one attached hydrogen (secondary N) is 3. The van der Waals surface area contributed by atoms with Crippen LogP contribution in [0, 0.1) is 0 Å². The molecule has 0 aliphatic heterocycles. The summed E-state index contributed by atoms with van der Waals surface area (Å²) < 4.78 is 0. The van der Waals surface area contributed by atoms with Crippen LogP contribution in [0.25, 0.3) is 62.6 Å². The molecule has 5 aromatic rings. The minimum atomic E-state index is 0.0472. The third-order valence-electron chi connectivity index (χ3n) is 7.83. The number of Topliss-reactive ketones (excluding diaryl/α,β-unsaturated/α-hetero) is 1. The van der Waals surface area contributed by atoms with Crippen molar-refractivity contribution in [3.63, 3.8) is 0 Å². The van der Waals surface area contributed by atoms with Gasteiger partial charge in [0.2, 0.25) is 0 Å². The lowest BCUT2D eigenvalue weighted by molar-refractivity contribution is 0.101. The first-order valence-electron chi connectivity index (χ1n) is 13.0. The van der Waals surface area contributed by atoms with E-state index in [0.717, 1.165) is 84.5 Å². The molecule has 5 heteroatoms. The van der Waals surface area contributed by atoms with E-state index in [1.54, 1.807) is 18.7 Å². The van der Waals surface area contributed by atoms with Gasteiger partial charge in [0, 0.05) is 50.3 Å². The number of aryl methyl sites for hydroxylation is 1. The number of ketones is 1. The second-order valence-corrected chi connectivity index (χ2v) is 10.9. The monoisotopic (exact) mass is 517 g/mol. The number of aromatic amines is 3. The van der Waals surface area contributed by atoms with Crippen LogP contribution in [0.3, 0.4) is 0 Å². The zero-order valence-corrected chi connectivity index (χ0v) is 22.9. The van der Waals surface area contributed by atoms with Crippen molar-refractivity contribution in [3.8, 4) is 11.1 Å². The third kappa shape index (κ3) is 3.64. The maximum atomic E-state index is 12.3. The Kier molecular flexibility index (Phi) is 5.84. The number of H-pyrrole nitrogens is 3. The highest BCUT2D eigenvalue weighted by molar-refractivity contribution is 8.07. The number of hydrogen-bond donors (Lipinski definition) is 3. The molecule has 0 saturated carbocycles. The second kappa shape index (κ2) is 9.10. The summed E-state index contributed by atoms with van der Waals surface area (Å²) >= 11 is 1.75. The maximum absolute atomic E-state index is 12.3. The van der Waals surface area contributed by atoms with E-state index in [2.05, 4.69) is 78.2 Å². The topological polar surface area (TPSA) is 64.4 Å². The van der Waals surface area contributed by atoms with Gasteiger partial charge < -0.3 is 15.0 Å². The van der Waals surface area contributed by atoms with Crippen LogP contribution in [0.2, 0.25) is 0 Å². The van der Waals surface area contributed by atoms with E-state index in [9.17, 15) is 4.79 Å². The summed E-state index contributed by atoms with van der Waals surface area (Å²) in [6.07, 6.45) is 6.74. The molecule has 6 rings (SSSR count). The van der Waals surface area contributed by atoms with Crippen molar-refractivity contribution in [2.24, 2.45) is 0 Å². The van der Waals surface area contributed by atoms with E-state index < -0.39 is 0 Å². The summed E-state index contributed by atoms with van der Waals surface area (Å²) in [6.45, 7) is 16.5. The van der Waals surface area contributed by atoms with Gasteiger partial charge in [-0.1, -0.05) is 38.8 Å². The molecular weight excluding hydrogens is 486 g/mol. The Labute approximate surface area is 225 Å². The van der Waals surface area contributed by atoms with Gasteiger partial charge in [-0.25, -0.2) is 0 Å². The quantitative estimate of drug-likeness (QED) is 0.266. The van der Waals surface area contributed by atoms with Crippen molar-refractivity contribution in [1.29, 1.82) is 0 Å². The summed E-state index contributed by atoms with van der Waals surface area (Å²) in [7, 11) is 0. The molecule has 1 aliphatic rings. The fraction of sp³-hybridized carbons (Fsp3) is 0.182. The highest BCUT2D eigenvalue weighted by Crippen LogP contribution is 2.37. The second-order valence-electron chi connectivity index (χ2n) is 10.0. The van der Waals surface area contributed by atoms with Crippen molar-refractivity contribution < 1.29 is 4.79 Å². The lowest BCUT2D eigenvalue weighted by atomic mass is 9.90. The molecule has 190 valence electrons. The number of benzene rings is 2. The van der Waals surface area contributed by atoms with Gasteiger partial charge in [-0.15, -0.1) is 11.8 Å². The van der Waals surface area contributed by atoms with Gasteiger partial charge in [0.15, 0.2) is 5.78 Å². The summed E-state index contributed by atoms with van der Waals surface area (Å²) in [5.74, 6) is 0.0472. The van der Waals surface area contributed by atoms with Crippen molar-refractivity contribution >= 4 is 69.1 Å². The molecule has 0 bridgehead atoms. The first-order valence-corrected chi connectivity index (χ1v) is 14.2. The predicted octanol–water partition coefficient (Wildman–Crippen LogP) is 5.34. The van der Waals surface area contributed by atoms with Crippen LogP contribution in [-0.4, -0.2) is 27.0 Å². The van der Waals surface area contributed by atoms with E-state index in [0.29, 0.717) is 5.69 Å². The fourth-order valence-corrected chi connectivity index (χ4v) is 6.50. The molecular formula is C33H31N3OS. The fourth-order valence-electron chi connectivity index (χ4n) is 5.83. The van der Waals surface area contributed by atoms with E-state index in [1.807, 2.05) is 12.1 Å². The van der Waals surface area contributed by atoms with Crippen LogP contribution in [0.4, 0.5) is 0 Å². The van der Waals surface area contributed by atoms with Crippen LogP contribution < -0.4 is 21.0 Å². The molecule has 1 aliphatic carbocycles. The van der Waals surface area contributed by atoms with Gasteiger partial charge in [-0.3, -0.25) is 4.79 Å². The zero-order chi connectivity index (χ0) is 26.7. The summed E-state index contributed by atoms with van der Waals surface area (Å²) in [4.78, 5) is 24.2. The maximum Gasteiger partial charge on any atom is 0.175 e. The SMILES string of the molecule is C=Cc1cc2c(-c3c(=C)c(=C)cc4cc(CC)[nH]c34)ccc(C3=c4cc(C(C)=O)[nH]c4=C(SC)CC3)c2[nH]1. The van der Waals surface area contributed by atoms with E-state index in [1.165, 1.54) is 16.2 Å². The van der Waals surface area contributed by atoms with Crippen LogP contribution in [-0.2, 0) is 6.42 Å². The summed E-state index contributed by atoms with van der Waals surface area (Å²) in [5.41, 5.74) is 9.58. The molecule has 0 unspecified atom stereocenters. The lowest BCUT2D eigenvalue weighted by Crippen LogP contribution is -2.30. The molecule has 3 aromatic heterocycles. The van der Waals surface area contributed by atoms with Crippen molar-refractivity contribution in [1.82, 2.24) is 15.0 Å². The number of rotatable bonds is 6. The van der Waals surface area contributed by atoms with E-state index >= 15 is 0 Å². The highest BCUT2D eigenvalue weighted by atomic mass is 32.2. The molecule has 0 saturated heterocycles. The van der Waals surface area contributed by atoms with Crippen LogP contribution in [0.15, 0.2) is 43.0 Å². The molecule has 3 N–H and O–H groups in total. The van der Waals surface area contributed by atoms with Gasteiger partial charge in [0.25, 0.3) is 0 Å². The van der Waals surface area contributed by atoms with Crippen LogP contribution in [0.1, 0.15) is 54.1 Å². The van der Waals surface area contributed by atoms with Crippen molar-refractivity contribution in [3.05, 3.63) is 86.6 Å². The molecule has 38 heavy (non-hydrogen) atoms. The zero-order valence-electron chi connectivity index (χ0n) is 22.1. The molecule has 0 radical (unpaired) electrons. The minimum absolute atomic E-state index is 0.0472. The molecule has 0 fully saturated rings. The minimum Gasteiger partial charge on any atom is -0.358 e. The number of aromatic nitrogens is 3. The molecule has 0 amide bonds. The largest absolute Gasteiger partial charge is 0.358 e. The molecule has 2 aromatic carbocycles. The molecule has 0 spiro atoms. The van der Waals surface area contributed by atoms with Gasteiger partial charge in [-0.05, 0) is 77.4 Å². The Morgan fingerprint density at radius 2 is 1.82 bits per heavy atom. The first-order chi connectivity index (χ1) is 18.3. The molecule has 4 nitrogen and oxygen atoms in total. The number of carbonyl (C=O) groups is 1. The van der Waals surface area contributed by atoms with E-state index in [-0.39, 0.29) is 5.78 Å². The summed E-state index contributed by atoms with van der Waals surface area (Å²) in [6, 6.07) is 13.0. The number of thioether (sulfide) groups is 1. The van der Waals surface area contributed by atoms with Gasteiger partial charge >= 0.3 is 0 Å². The Balaban J connectivity index is 1.71.